The molecule has 0 aromatic heterocycles. The van der Waals surface area contributed by atoms with Gasteiger partial charge in [0.05, 0.1) is 5.41 Å². The molecular weight excluding hydrogens is 448 g/mol. The monoisotopic (exact) mass is 480 g/mol. The molecule has 4 aromatic rings. The maximum absolute atomic E-state index is 12.5. The van der Waals surface area contributed by atoms with E-state index in [1.54, 1.807) is 7.11 Å². The van der Waals surface area contributed by atoms with Crippen LogP contribution in [0.4, 0.5) is 0 Å². The normalized spacial score (nSPS) is 22.9. The summed E-state index contributed by atoms with van der Waals surface area (Å²) in [7, 11) is 1.57. The van der Waals surface area contributed by atoms with Crippen molar-refractivity contribution in [2.75, 3.05) is 7.11 Å². The summed E-state index contributed by atoms with van der Waals surface area (Å²) >= 11 is 0. The quantitative estimate of drug-likeness (QED) is 0.344. The minimum Gasteiger partial charge on any atom is -0.389 e. The summed E-state index contributed by atoms with van der Waals surface area (Å²) in [5, 5.41) is 24.6. The summed E-state index contributed by atoms with van der Waals surface area (Å²) in [5.41, 5.74) is 1.39. The highest BCUT2D eigenvalue weighted by Gasteiger charge is 2.57. The molecule has 4 heteroatoms. The van der Waals surface area contributed by atoms with E-state index in [1.165, 1.54) is 0 Å². The lowest BCUT2D eigenvalue weighted by molar-refractivity contribution is -0.164. The van der Waals surface area contributed by atoms with Crippen LogP contribution in [0.3, 0.4) is 0 Å². The first kappa shape index (κ1) is 24.4. The second-order valence-electron chi connectivity index (χ2n) is 9.54. The lowest BCUT2D eigenvalue weighted by Crippen LogP contribution is -2.56. The molecule has 4 atom stereocenters. The Morgan fingerprint density at radius 1 is 0.778 bits per heavy atom. The average Bonchev–Trinajstić information content (AvgIpc) is 3.27. The second-order valence-corrected chi connectivity index (χ2v) is 9.54. The summed E-state index contributed by atoms with van der Waals surface area (Å²) < 4.78 is 11.9. The van der Waals surface area contributed by atoms with E-state index in [2.05, 4.69) is 0 Å². The summed E-state index contributed by atoms with van der Waals surface area (Å²) in [6.45, 7) is 0. The first-order valence-corrected chi connectivity index (χ1v) is 12.4. The Hall–Kier alpha value is -3.28. The Bertz CT molecular complexity index is 1130. The molecule has 0 amide bonds. The molecule has 4 nitrogen and oxygen atoms in total. The molecule has 0 saturated carbocycles. The van der Waals surface area contributed by atoms with Crippen LogP contribution in [0.2, 0.25) is 0 Å². The number of rotatable bonds is 8. The van der Waals surface area contributed by atoms with Crippen molar-refractivity contribution in [1.29, 1.82) is 0 Å². The lowest BCUT2D eigenvalue weighted by atomic mass is 9.62. The molecule has 184 valence electrons. The average molecular weight is 481 g/mol. The number of hydrogen-bond acceptors (Lipinski definition) is 4. The molecule has 5 rings (SSSR count). The van der Waals surface area contributed by atoms with Crippen LogP contribution in [-0.4, -0.2) is 41.4 Å². The number of ether oxygens (including phenoxy) is 2. The highest BCUT2D eigenvalue weighted by Crippen LogP contribution is 2.48. The molecule has 0 aliphatic carbocycles. The van der Waals surface area contributed by atoms with Gasteiger partial charge in [0.15, 0.2) is 6.29 Å². The lowest BCUT2D eigenvalue weighted by Gasteiger charge is -2.45. The zero-order chi connectivity index (χ0) is 25.0. The third kappa shape index (κ3) is 4.38. The van der Waals surface area contributed by atoms with E-state index in [0.717, 1.165) is 22.3 Å². The predicted molar refractivity (Wildman–Crippen MR) is 141 cm³/mol. The Balaban J connectivity index is 1.71. The first-order chi connectivity index (χ1) is 17.6. The summed E-state index contributed by atoms with van der Waals surface area (Å²) in [5.74, 6) is 0. The maximum Gasteiger partial charge on any atom is 0.160 e. The minimum atomic E-state index is -1.34. The van der Waals surface area contributed by atoms with Gasteiger partial charge in [-0.2, -0.15) is 0 Å². The van der Waals surface area contributed by atoms with E-state index in [9.17, 15) is 10.2 Å². The topological polar surface area (TPSA) is 58.9 Å². The van der Waals surface area contributed by atoms with E-state index in [0.29, 0.717) is 6.42 Å². The van der Waals surface area contributed by atoms with Gasteiger partial charge >= 0.3 is 0 Å². The second kappa shape index (κ2) is 10.4. The molecule has 2 N–H and O–H groups in total. The molecule has 1 aliphatic heterocycles. The first-order valence-electron chi connectivity index (χ1n) is 12.4. The van der Waals surface area contributed by atoms with E-state index in [1.807, 2.05) is 121 Å². The summed E-state index contributed by atoms with van der Waals surface area (Å²) in [6.07, 6.45) is -2.07. The van der Waals surface area contributed by atoms with Gasteiger partial charge in [-0.15, -0.1) is 0 Å². The van der Waals surface area contributed by atoms with Crippen LogP contribution in [0, 0.1) is 0 Å². The van der Waals surface area contributed by atoms with Gasteiger partial charge in [0.1, 0.15) is 17.8 Å². The van der Waals surface area contributed by atoms with Crippen LogP contribution in [0.15, 0.2) is 121 Å². The SMILES string of the molecule is COC1C[C@@](O)(Cc2ccccc2)[C@@H](C(O)C(c2ccccc2)(c2ccccc2)c2ccccc2)O1. The van der Waals surface area contributed by atoms with Crippen LogP contribution < -0.4 is 0 Å². The third-order valence-electron chi connectivity index (χ3n) is 7.38. The van der Waals surface area contributed by atoms with Crippen molar-refractivity contribution in [2.24, 2.45) is 0 Å². The number of aliphatic hydroxyl groups excluding tert-OH is 1. The maximum atomic E-state index is 12.5. The smallest absolute Gasteiger partial charge is 0.160 e. The summed E-state index contributed by atoms with van der Waals surface area (Å²) in [6, 6.07) is 39.8. The van der Waals surface area contributed by atoms with Gasteiger partial charge in [-0.1, -0.05) is 121 Å². The zero-order valence-electron chi connectivity index (χ0n) is 20.4. The highest BCUT2D eigenvalue weighted by atomic mass is 16.7. The molecule has 0 bridgehead atoms. The third-order valence-corrected chi connectivity index (χ3v) is 7.38. The van der Waals surface area contributed by atoms with E-state index in [-0.39, 0.29) is 6.42 Å². The van der Waals surface area contributed by atoms with Crippen LogP contribution in [0.5, 0.6) is 0 Å². The molecule has 2 unspecified atom stereocenters. The van der Waals surface area contributed by atoms with E-state index in [4.69, 9.17) is 9.47 Å². The molecule has 1 aliphatic rings. The van der Waals surface area contributed by atoms with E-state index >= 15 is 0 Å². The van der Waals surface area contributed by atoms with Gasteiger partial charge in [0.25, 0.3) is 0 Å². The van der Waals surface area contributed by atoms with Gasteiger partial charge in [-0.3, -0.25) is 0 Å². The Kier molecular flexibility index (Phi) is 7.04. The molecule has 0 radical (unpaired) electrons. The Labute approximate surface area is 212 Å². The van der Waals surface area contributed by atoms with Crippen LogP contribution in [0.1, 0.15) is 28.7 Å². The molecule has 1 heterocycles. The molecule has 4 aromatic carbocycles. The van der Waals surface area contributed by atoms with Crippen molar-refractivity contribution < 1.29 is 19.7 Å². The van der Waals surface area contributed by atoms with Crippen molar-refractivity contribution in [3.05, 3.63) is 144 Å². The van der Waals surface area contributed by atoms with Crippen molar-refractivity contribution in [2.45, 2.75) is 42.4 Å². The van der Waals surface area contributed by atoms with E-state index < -0.39 is 29.5 Å². The predicted octanol–water partition coefficient (Wildman–Crippen LogP) is 5.12. The number of hydrogen-bond donors (Lipinski definition) is 2. The van der Waals surface area contributed by atoms with Gasteiger partial charge in [0.2, 0.25) is 0 Å². The molecule has 0 spiro atoms. The van der Waals surface area contributed by atoms with Gasteiger partial charge in [-0.05, 0) is 22.3 Å². The largest absolute Gasteiger partial charge is 0.389 e. The van der Waals surface area contributed by atoms with Crippen LogP contribution in [0.25, 0.3) is 0 Å². The minimum absolute atomic E-state index is 0.259. The summed E-state index contributed by atoms with van der Waals surface area (Å²) in [4.78, 5) is 0. The van der Waals surface area contributed by atoms with Gasteiger partial charge in [-0.25, -0.2) is 0 Å². The van der Waals surface area contributed by atoms with Crippen molar-refractivity contribution in [3.63, 3.8) is 0 Å². The van der Waals surface area contributed by atoms with Gasteiger partial charge < -0.3 is 19.7 Å². The molecule has 1 saturated heterocycles. The molecular formula is C32H32O4. The van der Waals surface area contributed by atoms with Crippen LogP contribution >= 0.6 is 0 Å². The Morgan fingerprint density at radius 2 is 1.19 bits per heavy atom. The number of aliphatic hydroxyl groups is 2. The standard InChI is InChI=1S/C32H32O4/c1-35-28-23-31(34,22-24-14-6-2-7-15-24)30(36-28)29(33)32(25-16-8-3-9-17-25,26-18-10-4-11-19-26)27-20-12-5-13-21-27/h2-21,28-30,33-34H,22-23H2,1H3/t28?,29?,30-,31+/m1/s1. The van der Waals surface area contributed by atoms with Gasteiger partial charge in [0, 0.05) is 20.0 Å². The van der Waals surface area contributed by atoms with Crippen molar-refractivity contribution in [3.8, 4) is 0 Å². The number of methoxy groups -OCH3 is 1. The van der Waals surface area contributed by atoms with Crippen molar-refractivity contribution in [1.82, 2.24) is 0 Å². The Morgan fingerprint density at radius 3 is 1.61 bits per heavy atom. The molecule has 36 heavy (non-hydrogen) atoms. The number of benzene rings is 4. The fourth-order valence-electron chi connectivity index (χ4n) is 5.71. The zero-order valence-corrected chi connectivity index (χ0v) is 20.4. The fourth-order valence-corrected chi connectivity index (χ4v) is 5.71. The fraction of sp³-hybridized carbons (Fsp3) is 0.250. The van der Waals surface area contributed by atoms with Crippen LogP contribution in [-0.2, 0) is 21.3 Å². The highest BCUT2D eigenvalue weighted by molar-refractivity contribution is 5.52. The molecule has 1 fully saturated rings. The van der Waals surface area contributed by atoms with Crippen molar-refractivity contribution >= 4 is 0 Å².